The van der Waals surface area contributed by atoms with Crippen LogP contribution >= 0.6 is 0 Å². The maximum absolute atomic E-state index is 6.02. The highest BCUT2D eigenvalue weighted by Crippen LogP contribution is 2.26. The van der Waals surface area contributed by atoms with Crippen molar-refractivity contribution in [3.63, 3.8) is 0 Å². The summed E-state index contributed by atoms with van der Waals surface area (Å²) in [6.07, 6.45) is 8.04. The third-order valence-electron chi connectivity index (χ3n) is 4.97. The number of hydrogen-bond acceptors (Lipinski definition) is 4. The number of nitrogens with zero attached hydrogens (tertiary/aromatic N) is 2. The van der Waals surface area contributed by atoms with Crippen LogP contribution < -0.4 is 11.1 Å². The lowest BCUT2D eigenvalue weighted by Gasteiger charge is -2.44. The zero-order valence-electron chi connectivity index (χ0n) is 13.7. The molecular weight excluding hydrogens is 260 g/mol. The molecule has 1 aromatic heterocycles. The molecule has 1 fully saturated rings. The predicted octanol–water partition coefficient (Wildman–Crippen LogP) is 2.45. The number of aromatic nitrogens is 1. The number of likely N-dealkylation sites (N-methyl/N-ethyl adjacent to an activating group) is 1. The van der Waals surface area contributed by atoms with Crippen molar-refractivity contribution >= 4 is 5.82 Å². The van der Waals surface area contributed by atoms with Crippen LogP contribution in [0.2, 0.25) is 0 Å². The second-order valence-electron chi connectivity index (χ2n) is 6.65. The van der Waals surface area contributed by atoms with Crippen LogP contribution in [0, 0.1) is 0 Å². The van der Waals surface area contributed by atoms with E-state index in [0.717, 1.165) is 12.0 Å². The van der Waals surface area contributed by atoms with Crippen molar-refractivity contribution in [3.8, 4) is 0 Å². The van der Waals surface area contributed by atoms with Crippen LogP contribution in [-0.2, 0) is 6.42 Å². The fourth-order valence-corrected chi connectivity index (χ4v) is 3.42. The van der Waals surface area contributed by atoms with Gasteiger partial charge in [0, 0.05) is 17.8 Å². The predicted molar refractivity (Wildman–Crippen MR) is 89.3 cm³/mol. The minimum absolute atomic E-state index is 0.112. The van der Waals surface area contributed by atoms with E-state index >= 15 is 0 Å². The largest absolute Gasteiger partial charge is 0.383 e. The van der Waals surface area contributed by atoms with Crippen LogP contribution in [0.25, 0.3) is 0 Å². The highest BCUT2D eigenvalue weighted by molar-refractivity contribution is 5.39. The summed E-state index contributed by atoms with van der Waals surface area (Å²) in [5.74, 6) is 0.657. The van der Waals surface area contributed by atoms with E-state index in [0.29, 0.717) is 11.9 Å². The zero-order chi connectivity index (χ0) is 15.3. The van der Waals surface area contributed by atoms with Gasteiger partial charge < -0.3 is 11.1 Å². The van der Waals surface area contributed by atoms with Crippen LogP contribution in [0.3, 0.4) is 0 Å². The van der Waals surface area contributed by atoms with E-state index in [-0.39, 0.29) is 5.54 Å². The second-order valence-corrected chi connectivity index (χ2v) is 6.65. The molecule has 0 bridgehead atoms. The molecule has 21 heavy (non-hydrogen) atoms. The summed E-state index contributed by atoms with van der Waals surface area (Å²) in [6, 6.07) is 4.42. The van der Waals surface area contributed by atoms with Gasteiger partial charge in [0.15, 0.2) is 0 Å². The van der Waals surface area contributed by atoms with Crippen molar-refractivity contribution in [2.75, 3.05) is 25.9 Å². The molecule has 4 heteroatoms. The van der Waals surface area contributed by atoms with E-state index in [9.17, 15) is 0 Å². The van der Waals surface area contributed by atoms with Crippen molar-refractivity contribution in [2.45, 2.75) is 57.5 Å². The Morgan fingerprint density at radius 3 is 2.52 bits per heavy atom. The topological polar surface area (TPSA) is 54.2 Å². The Morgan fingerprint density at radius 1 is 1.29 bits per heavy atom. The van der Waals surface area contributed by atoms with Crippen molar-refractivity contribution in [2.24, 2.45) is 0 Å². The highest BCUT2D eigenvalue weighted by atomic mass is 15.2. The molecule has 118 valence electrons. The lowest BCUT2D eigenvalue weighted by Crippen LogP contribution is -2.58. The summed E-state index contributed by atoms with van der Waals surface area (Å²) in [6.45, 7) is 7.11. The van der Waals surface area contributed by atoms with Gasteiger partial charge in [-0.15, -0.1) is 0 Å². The van der Waals surface area contributed by atoms with E-state index in [1.807, 2.05) is 6.07 Å². The number of rotatable bonds is 5. The van der Waals surface area contributed by atoms with Gasteiger partial charge in [-0.2, -0.15) is 0 Å². The Balaban J connectivity index is 2.12. The molecule has 0 saturated carbocycles. The Morgan fingerprint density at radius 2 is 1.95 bits per heavy atom. The molecule has 1 saturated heterocycles. The fourth-order valence-electron chi connectivity index (χ4n) is 3.42. The average Bonchev–Trinajstić information content (AvgIpc) is 2.75. The quantitative estimate of drug-likeness (QED) is 0.874. The van der Waals surface area contributed by atoms with Crippen LogP contribution in [-0.4, -0.2) is 41.6 Å². The van der Waals surface area contributed by atoms with Gasteiger partial charge in [-0.3, -0.25) is 4.90 Å². The van der Waals surface area contributed by atoms with Crippen molar-refractivity contribution in [1.82, 2.24) is 15.2 Å². The number of likely N-dealkylation sites (tertiary alicyclic amines) is 1. The van der Waals surface area contributed by atoms with Gasteiger partial charge in [0.05, 0.1) is 0 Å². The van der Waals surface area contributed by atoms with Gasteiger partial charge in [-0.05, 0) is 64.9 Å². The summed E-state index contributed by atoms with van der Waals surface area (Å²) >= 11 is 0. The van der Waals surface area contributed by atoms with Gasteiger partial charge in [-0.25, -0.2) is 4.98 Å². The van der Waals surface area contributed by atoms with Crippen LogP contribution in [0.15, 0.2) is 18.3 Å². The van der Waals surface area contributed by atoms with Crippen molar-refractivity contribution < 1.29 is 0 Å². The number of nitrogen functional groups attached to an aromatic ring is 1. The van der Waals surface area contributed by atoms with Crippen LogP contribution in [0.1, 0.15) is 45.1 Å². The molecule has 3 N–H and O–H groups in total. The van der Waals surface area contributed by atoms with Crippen LogP contribution in [0.4, 0.5) is 5.82 Å². The molecule has 1 aliphatic heterocycles. The number of nitrogens with one attached hydrogen (secondary N) is 1. The second kappa shape index (κ2) is 7.23. The van der Waals surface area contributed by atoms with E-state index in [1.54, 1.807) is 6.20 Å². The van der Waals surface area contributed by atoms with Gasteiger partial charge in [0.1, 0.15) is 5.82 Å². The molecule has 1 aromatic rings. The first kappa shape index (κ1) is 16.2. The first-order valence-electron chi connectivity index (χ1n) is 8.17. The number of pyridine rings is 1. The first-order chi connectivity index (χ1) is 10.1. The smallest absolute Gasteiger partial charge is 0.126 e. The molecule has 0 radical (unpaired) electrons. The average molecular weight is 290 g/mol. The summed E-state index contributed by atoms with van der Waals surface area (Å²) in [5.41, 5.74) is 7.27. The first-order valence-corrected chi connectivity index (χ1v) is 8.17. The molecular formula is C17H30N4. The van der Waals surface area contributed by atoms with Crippen molar-refractivity contribution in [1.29, 1.82) is 0 Å². The molecule has 2 heterocycles. The minimum Gasteiger partial charge on any atom is -0.383 e. The number of anilines is 1. The van der Waals surface area contributed by atoms with E-state index in [2.05, 4.69) is 42.2 Å². The maximum Gasteiger partial charge on any atom is 0.126 e. The molecule has 2 rings (SSSR count). The molecule has 1 aliphatic rings. The molecule has 0 aliphatic carbocycles. The SMILES string of the molecule is CNC(Cc1cccnc1N)C(C)(C)N1CCCCCC1. The molecule has 1 unspecified atom stereocenters. The van der Waals surface area contributed by atoms with Crippen molar-refractivity contribution in [3.05, 3.63) is 23.9 Å². The number of nitrogens with two attached hydrogens (primary N) is 1. The molecule has 1 atom stereocenters. The Bertz CT molecular complexity index is 436. The third-order valence-corrected chi connectivity index (χ3v) is 4.97. The van der Waals surface area contributed by atoms with E-state index in [1.165, 1.54) is 38.8 Å². The van der Waals surface area contributed by atoms with E-state index < -0.39 is 0 Å². The lowest BCUT2D eigenvalue weighted by atomic mass is 9.87. The van der Waals surface area contributed by atoms with Crippen LogP contribution in [0.5, 0.6) is 0 Å². The lowest BCUT2D eigenvalue weighted by molar-refractivity contribution is 0.0865. The van der Waals surface area contributed by atoms with Gasteiger partial charge in [0.2, 0.25) is 0 Å². The molecule has 0 aromatic carbocycles. The molecule has 0 spiro atoms. The summed E-state index contributed by atoms with van der Waals surface area (Å²) in [7, 11) is 2.05. The number of hydrogen-bond donors (Lipinski definition) is 2. The third kappa shape index (κ3) is 3.95. The van der Waals surface area contributed by atoms with Gasteiger partial charge in [-0.1, -0.05) is 18.9 Å². The van der Waals surface area contributed by atoms with E-state index in [4.69, 9.17) is 5.73 Å². The standard InChI is InChI=1S/C17H30N4/c1-17(2,21-11-6-4-5-7-12-21)15(19-3)13-14-9-8-10-20-16(14)18/h8-10,15,19H,4-7,11-13H2,1-3H3,(H2,18,20). The zero-order valence-corrected chi connectivity index (χ0v) is 13.7. The molecule has 0 amide bonds. The van der Waals surface area contributed by atoms with Gasteiger partial charge in [0.25, 0.3) is 0 Å². The summed E-state index contributed by atoms with van der Waals surface area (Å²) < 4.78 is 0. The summed E-state index contributed by atoms with van der Waals surface area (Å²) in [4.78, 5) is 6.86. The maximum atomic E-state index is 6.02. The Hall–Kier alpha value is -1.13. The molecule has 4 nitrogen and oxygen atoms in total. The highest BCUT2D eigenvalue weighted by Gasteiger charge is 2.34. The minimum atomic E-state index is 0.112. The monoisotopic (exact) mass is 290 g/mol. The Kier molecular flexibility index (Phi) is 5.59. The fraction of sp³-hybridized carbons (Fsp3) is 0.706. The Labute approximate surface area is 129 Å². The van der Waals surface area contributed by atoms with Gasteiger partial charge >= 0.3 is 0 Å². The normalized spacial score (nSPS) is 19.2. The summed E-state index contributed by atoms with van der Waals surface area (Å²) in [5, 5.41) is 3.51.